The van der Waals surface area contributed by atoms with E-state index in [4.69, 9.17) is 4.74 Å². The lowest BCUT2D eigenvalue weighted by Gasteiger charge is -2.45. The highest BCUT2D eigenvalue weighted by Gasteiger charge is 2.41. The van der Waals surface area contributed by atoms with Crippen LogP contribution in [0, 0.1) is 19.3 Å². The van der Waals surface area contributed by atoms with Crippen molar-refractivity contribution < 1.29 is 14.9 Å². The van der Waals surface area contributed by atoms with Gasteiger partial charge in [0.1, 0.15) is 5.75 Å². The van der Waals surface area contributed by atoms with Crippen molar-refractivity contribution in [2.24, 2.45) is 5.41 Å². The molecule has 1 heterocycles. The smallest absolute Gasteiger partial charge is 0.122 e. The number of rotatable bonds is 6. The maximum absolute atomic E-state index is 10.4. The molecule has 1 aromatic carbocycles. The monoisotopic (exact) mass is 321 g/mol. The van der Waals surface area contributed by atoms with Crippen LogP contribution in [-0.4, -0.2) is 48.0 Å². The Labute approximate surface area is 140 Å². The number of benzene rings is 1. The van der Waals surface area contributed by atoms with Gasteiger partial charge < -0.3 is 14.9 Å². The molecule has 23 heavy (non-hydrogen) atoms. The molecule has 0 amide bonds. The van der Waals surface area contributed by atoms with Crippen molar-refractivity contribution >= 4 is 0 Å². The molecule has 1 saturated heterocycles. The zero-order chi connectivity index (χ0) is 17.0. The van der Waals surface area contributed by atoms with Crippen LogP contribution >= 0.6 is 0 Å². The van der Waals surface area contributed by atoms with Gasteiger partial charge in [-0.25, -0.2) is 0 Å². The average molecular weight is 321 g/mol. The fourth-order valence-electron chi connectivity index (χ4n) is 3.83. The lowest BCUT2D eigenvalue weighted by Crippen LogP contribution is -2.53. The van der Waals surface area contributed by atoms with E-state index in [1.807, 2.05) is 0 Å². The van der Waals surface area contributed by atoms with Crippen molar-refractivity contribution in [3.05, 3.63) is 28.8 Å². The second kappa shape index (κ2) is 7.65. The highest BCUT2D eigenvalue weighted by atomic mass is 16.5. The lowest BCUT2D eigenvalue weighted by molar-refractivity contribution is -0.0820. The zero-order valence-corrected chi connectivity index (χ0v) is 14.9. The largest absolute Gasteiger partial charge is 0.496 e. The van der Waals surface area contributed by atoms with E-state index < -0.39 is 6.10 Å². The molecule has 130 valence electrons. The van der Waals surface area contributed by atoms with E-state index in [2.05, 4.69) is 37.8 Å². The molecule has 0 spiro atoms. The van der Waals surface area contributed by atoms with Crippen LogP contribution < -0.4 is 4.74 Å². The van der Waals surface area contributed by atoms with Crippen molar-refractivity contribution in [2.45, 2.75) is 52.7 Å². The summed E-state index contributed by atoms with van der Waals surface area (Å²) in [4.78, 5) is 2.37. The molecule has 0 bridgehead atoms. The third kappa shape index (κ3) is 3.87. The highest BCUT2D eigenvalue weighted by molar-refractivity contribution is 5.41. The summed E-state index contributed by atoms with van der Waals surface area (Å²) in [5.74, 6) is 0.927. The number of nitrogens with zero attached hydrogens (tertiary/aromatic N) is 1. The lowest BCUT2D eigenvalue weighted by atomic mass is 9.74. The number of ether oxygens (including phenoxy) is 1. The van der Waals surface area contributed by atoms with Crippen LogP contribution in [0.2, 0.25) is 0 Å². The second-order valence-electron chi connectivity index (χ2n) is 7.03. The number of aryl methyl sites for hydroxylation is 2. The fraction of sp³-hybridized carbons (Fsp3) is 0.684. The van der Waals surface area contributed by atoms with Gasteiger partial charge in [0.25, 0.3) is 0 Å². The Kier molecular flexibility index (Phi) is 6.06. The Balaban J connectivity index is 2.16. The number of aliphatic hydroxyl groups is 2. The van der Waals surface area contributed by atoms with Gasteiger partial charge in [0.05, 0.1) is 19.8 Å². The van der Waals surface area contributed by atoms with Crippen LogP contribution in [0.1, 0.15) is 42.9 Å². The van der Waals surface area contributed by atoms with Gasteiger partial charge in [-0.05, 0) is 49.4 Å². The normalized spacial score (nSPS) is 25.6. The van der Waals surface area contributed by atoms with Gasteiger partial charge in [0.15, 0.2) is 0 Å². The third-order valence-corrected chi connectivity index (χ3v) is 5.27. The van der Waals surface area contributed by atoms with Crippen LogP contribution in [0.5, 0.6) is 5.75 Å². The highest BCUT2D eigenvalue weighted by Crippen LogP contribution is 2.35. The van der Waals surface area contributed by atoms with Crippen LogP contribution in [0.4, 0.5) is 0 Å². The van der Waals surface area contributed by atoms with Crippen LogP contribution in [0.15, 0.2) is 12.1 Å². The van der Waals surface area contributed by atoms with Crippen LogP contribution in [-0.2, 0) is 6.54 Å². The molecule has 2 N–H and O–H groups in total. The Morgan fingerprint density at radius 1 is 1.30 bits per heavy atom. The summed E-state index contributed by atoms with van der Waals surface area (Å²) >= 11 is 0. The Bertz CT molecular complexity index is 532. The molecular weight excluding hydrogens is 290 g/mol. The molecule has 4 heteroatoms. The molecular formula is C19H31NO3. The van der Waals surface area contributed by atoms with E-state index in [-0.39, 0.29) is 12.0 Å². The molecule has 0 aliphatic carbocycles. The molecule has 1 aliphatic rings. The van der Waals surface area contributed by atoms with E-state index in [0.717, 1.165) is 50.2 Å². The van der Waals surface area contributed by atoms with Gasteiger partial charge >= 0.3 is 0 Å². The predicted molar refractivity (Wildman–Crippen MR) is 92.8 cm³/mol. The second-order valence-corrected chi connectivity index (χ2v) is 7.03. The molecule has 1 aromatic rings. The Hall–Kier alpha value is -1.10. The maximum atomic E-state index is 10.4. The van der Waals surface area contributed by atoms with Crippen molar-refractivity contribution in [3.8, 4) is 5.75 Å². The third-order valence-electron chi connectivity index (χ3n) is 5.27. The van der Waals surface area contributed by atoms with Crippen molar-refractivity contribution in [1.29, 1.82) is 0 Å². The number of aliphatic hydroxyl groups excluding tert-OH is 2. The van der Waals surface area contributed by atoms with Crippen molar-refractivity contribution in [3.63, 3.8) is 0 Å². The van der Waals surface area contributed by atoms with Gasteiger partial charge in [0.2, 0.25) is 0 Å². The van der Waals surface area contributed by atoms with Gasteiger partial charge in [0, 0.05) is 25.0 Å². The zero-order valence-electron chi connectivity index (χ0n) is 14.9. The van der Waals surface area contributed by atoms with Gasteiger partial charge in [-0.15, -0.1) is 0 Å². The topological polar surface area (TPSA) is 52.9 Å². The van der Waals surface area contributed by atoms with Crippen LogP contribution in [0.3, 0.4) is 0 Å². The Morgan fingerprint density at radius 2 is 2.04 bits per heavy atom. The molecule has 2 atom stereocenters. The first-order valence-corrected chi connectivity index (χ1v) is 8.61. The van der Waals surface area contributed by atoms with E-state index >= 15 is 0 Å². The van der Waals surface area contributed by atoms with Gasteiger partial charge in [-0.2, -0.15) is 0 Å². The summed E-state index contributed by atoms with van der Waals surface area (Å²) < 4.78 is 5.39. The summed E-state index contributed by atoms with van der Waals surface area (Å²) in [6.45, 7) is 8.83. The predicted octanol–water partition coefficient (Wildman–Crippen LogP) is 2.66. The van der Waals surface area contributed by atoms with E-state index in [1.54, 1.807) is 7.11 Å². The first-order valence-electron chi connectivity index (χ1n) is 8.61. The molecule has 0 saturated carbocycles. The van der Waals surface area contributed by atoms with Crippen molar-refractivity contribution in [2.75, 3.05) is 26.8 Å². The fourth-order valence-corrected chi connectivity index (χ4v) is 3.83. The quantitative estimate of drug-likeness (QED) is 0.846. The van der Waals surface area contributed by atoms with E-state index in [0.29, 0.717) is 0 Å². The molecule has 1 aliphatic heterocycles. The van der Waals surface area contributed by atoms with E-state index in [9.17, 15) is 10.2 Å². The number of hydrogen-bond acceptors (Lipinski definition) is 4. The minimum atomic E-state index is -0.401. The molecule has 1 fully saturated rings. The molecule has 0 aromatic heterocycles. The molecule has 2 rings (SSSR count). The van der Waals surface area contributed by atoms with Gasteiger partial charge in [-0.3, -0.25) is 4.90 Å². The first kappa shape index (κ1) is 18.2. The van der Waals surface area contributed by atoms with Crippen LogP contribution in [0.25, 0.3) is 0 Å². The number of likely N-dealkylation sites (tertiary alicyclic amines) is 1. The Morgan fingerprint density at radius 3 is 2.65 bits per heavy atom. The number of hydrogen-bond donors (Lipinski definition) is 2. The first-order chi connectivity index (χ1) is 11.0. The summed E-state index contributed by atoms with van der Waals surface area (Å²) in [6, 6.07) is 4.29. The minimum Gasteiger partial charge on any atom is -0.496 e. The number of methoxy groups -OCH3 is 1. The van der Waals surface area contributed by atoms with E-state index in [1.165, 1.54) is 11.1 Å². The standard InChI is InChI=1S/C19H31NO3/c1-5-7-19(13-21)12-20(8-6-18(19)22)11-16-9-15(3)17(23-4)10-14(16)2/h9-10,18,21-22H,5-8,11-13H2,1-4H3/t18-,19-/m0/s1. The SMILES string of the molecule is CCC[C@@]1(CO)CN(Cc2cc(C)c(OC)cc2C)CC[C@@H]1O. The van der Waals surface area contributed by atoms with Crippen molar-refractivity contribution in [1.82, 2.24) is 4.90 Å². The summed E-state index contributed by atoms with van der Waals surface area (Å²) in [5.41, 5.74) is 3.29. The maximum Gasteiger partial charge on any atom is 0.122 e. The minimum absolute atomic E-state index is 0.0547. The van der Waals surface area contributed by atoms with Gasteiger partial charge in [-0.1, -0.05) is 19.4 Å². The molecule has 4 nitrogen and oxygen atoms in total. The molecule has 0 unspecified atom stereocenters. The number of piperidine rings is 1. The average Bonchev–Trinajstić information content (AvgIpc) is 2.54. The summed E-state index contributed by atoms with van der Waals surface area (Å²) in [7, 11) is 1.70. The summed E-state index contributed by atoms with van der Waals surface area (Å²) in [5, 5.41) is 20.3. The summed E-state index contributed by atoms with van der Waals surface area (Å²) in [6.07, 6.45) is 2.17. The molecule has 0 radical (unpaired) electrons.